The van der Waals surface area contributed by atoms with Crippen LogP contribution in [0.2, 0.25) is 5.02 Å². The fourth-order valence-electron chi connectivity index (χ4n) is 2.56. The lowest BCUT2D eigenvalue weighted by atomic mass is 10.0. The highest BCUT2D eigenvalue weighted by molar-refractivity contribution is 7.98. The highest BCUT2D eigenvalue weighted by Gasteiger charge is 2.18. The molecule has 0 atom stereocenters. The van der Waals surface area contributed by atoms with Crippen LogP contribution >= 0.6 is 23.4 Å². The van der Waals surface area contributed by atoms with Crippen molar-refractivity contribution in [1.29, 1.82) is 0 Å². The molecular weight excluding hydrogens is 413 g/mol. The predicted molar refractivity (Wildman–Crippen MR) is 115 cm³/mol. The molecule has 1 N–H and O–H groups in total. The maximum atomic E-state index is 14.6. The van der Waals surface area contributed by atoms with Gasteiger partial charge in [-0.2, -0.15) is 0 Å². The summed E-state index contributed by atoms with van der Waals surface area (Å²) in [4.78, 5) is 20.7. The molecule has 0 aliphatic carbocycles. The number of nitrogens with one attached hydrogen (secondary N) is 1. The zero-order valence-electron chi connectivity index (χ0n) is 15.6. The highest BCUT2D eigenvalue weighted by atomic mass is 35.5. The van der Waals surface area contributed by atoms with Crippen LogP contribution in [-0.4, -0.2) is 29.3 Å². The standard InChI is InChI=1S/C21H17ClFN3O2S/c1-28-18(27)12-11-14-19(13-7-3-5-9-16(13)23)25-21(29-2)26-20(14)24-17-10-6-4-8-15(17)22/h3-12H,1-2H3,(H,24,25,26). The number of aromatic nitrogens is 2. The number of ether oxygens (including phenoxy) is 1. The molecule has 5 nitrogen and oxygen atoms in total. The Morgan fingerprint density at radius 2 is 1.90 bits per heavy atom. The molecule has 0 saturated carbocycles. The van der Waals surface area contributed by atoms with Crippen molar-refractivity contribution in [1.82, 2.24) is 9.97 Å². The lowest BCUT2D eigenvalue weighted by Crippen LogP contribution is -2.04. The molecule has 148 valence electrons. The maximum absolute atomic E-state index is 14.6. The van der Waals surface area contributed by atoms with Gasteiger partial charge in [0.25, 0.3) is 0 Å². The lowest BCUT2D eigenvalue weighted by Gasteiger charge is -2.15. The van der Waals surface area contributed by atoms with Gasteiger partial charge in [0, 0.05) is 17.2 Å². The largest absolute Gasteiger partial charge is 0.466 e. The fraction of sp³-hybridized carbons (Fsp3) is 0.0952. The summed E-state index contributed by atoms with van der Waals surface area (Å²) in [6, 6.07) is 13.5. The van der Waals surface area contributed by atoms with Crippen LogP contribution in [0, 0.1) is 5.82 Å². The second kappa shape index (κ2) is 9.54. The van der Waals surface area contributed by atoms with E-state index in [4.69, 9.17) is 11.6 Å². The number of esters is 1. The number of thioether (sulfide) groups is 1. The Kier molecular flexibility index (Phi) is 6.85. The van der Waals surface area contributed by atoms with Crippen molar-refractivity contribution < 1.29 is 13.9 Å². The topological polar surface area (TPSA) is 64.1 Å². The molecule has 3 aromatic rings. The van der Waals surface area contributed by atoms with Crippen LogP contribution < -0.4 is 5.32 Å². The minimum absolute atomic E-state index is 0.289. The number of carbonyl (C=O) groups excluding carboxylic acids is 1. The van der Waals surface area contributed by atoms with E-state index in [1.807, 2.05) is 18.4 Å². The number of carbonyl (C=O) groups is 1. The van der Waals surface area contributed by atoms with Crippen LogP contribution in [0.3, 0.4) is 0 Å². The van der Waals surface area contributed by atoms with Crippen molar-refractivity contribution in [3.63, 3.8) is 0 Å². The molecular formula is C21H17ClFN3O2S. The third-order valence-electron chi connectivity index (χ3n) is 3.95. The van der Waals surface area contributed by atoms with Gasteiger partial charge < -0.3 is 10.1 Å². The van der Waals surface area contributed by atoms with Crippen LogP contribution in [0.1, 0.15) is 5.56 Å². The third kappa shape index (κ3) is 4.93. The number of benzene rings is 2. The summed E-state index contributed by atoms with van der Waals surface area (Å²) in [7, 11) is 1.28. The smallest absolute Gasteiger partial charge is 0.330 e. The van der Waals surface area contributed by atoms with Crippen LogP contribution in [0.25, 0.3) is 17.3 Å². The number of rotatable bonds is 6. The van der Waals surface area contributed by atoms with E-state index in [9.17, 15) is 9.18 Å². The molecule has 1 heterocycles. The number of para-hydroxylation sites is 1. The number of anilines is 2. The molecule has 2 aromatic carbocycles. The first-order valence-electron chi connectivity index (χ1n) is 8.52. The Balaban J connectivity index is 2.23. The van der Waals surface area contributed by atoms with Gasteiger partial charge in [-0.05, 0) is 36.6 Å². The van der Waals surface area contributed by atoms with Gasteiger partial charge in [0.05, 0.1) is 23.5 Å². The second-order valence-corrected chi connectivity index (χ2v) is 6.94. The number of nitrogens with zero attached hydrogens (tertiary/aromatic N) is 2. The normalized spacial score (nSPS) is 10.9. The molecule has 0 radical (unpaired) electrons. The third-order valence-corrected chi connectivity index (χ3v) is 4.83. The summed E-state index contributed by atoms with van der Waals surface area (Å²) in [5.41, 5.74) is 1.68. The Morgan fingerprint density at radius 1 is 1.17 bits per heavy atom. The molecule has 1 aromatic heterocycles. The van der Waals surface area contributed by atoms with E-state index in [1.54, 1.807) is 30.3 Å². The van der Waals surface area contributed by atoms with Crippen molar-refractivity contribution in [3.05, 3.63) is 71.0 Å². The second-order valence-electron chi connectivity index (χ2n) is 5.76. The van der Waals surface area contributed by atoms with Gasteiger partial charge in [0.1, 0.15) is 11.6 Å². The monoisotopic (exact) mass is 429 g/mol. The molecule has 0 bridgehead atoms. The Hall–Kier alpha value is -2.90. The molecule has 0 aliphatic rings. The average Bonchev–Trinajstić information content (AvgIpc) is 2.74. The van der Waals surface area contributed by atoms with Gasteiger partial charge in [-0.1, -0.05) is 47.6 Å². The molecule has 0 spiro atoms. The van der Waals surface area contributed by atoms with Crippen molar-refractivity contribution in [2.24, 2.45) is 0 Å². The summed E-state index contributed by atoms with van der Waals surface area (Å²) in [6.45, 7) is 0. The van der Waals surface area contributed by atoms with E-state index in [0.29, 0.717) is 32.9 Å². The molecule has 0 fully saturated rings. The van der Waals surface area contributed by atoms with Crippen LogP contribution in [0.5, 0.6) is 0 Å². The number of hydrogen-bond acceptors (Lipinski definition) is 6. The van der Waals surface area contributed by atoms with Gasteiger partial charge in [0.2, 0.25) is 0 Å². The summed E-state index contributed by atoms with van der Waals surface area (Å²) in [5, 5.41) is 4.10. The lowest BCUT2D eigenvalue weighted by molar-refractivity contribution is -0.134. The summed E-state index contributed by atoms with van der Waals surface area (Å²) in [5.74, 6) is -0.604. The Bertz CT molecular complexity index is 1080. The van der Waals surface area contributed by atoms with Crippen molar-refractivity contribution in [2.75, 3.05) is 18.7 Å². The Morgan fingerprint density at radius 3 is 2.59 bits per heavy atom. The van der Waals surface area contributed by atoms with E-state index >= 15 is 0 Å². The Labute approximate surface area is 177 Å². The zero-order chi connectivity index (χ0) is 20.8. The van der Waals surface area contributed by atoms with E-state index in [-0.39, 0.29) is 5.56 Å². The van der Waals surface area contributed by atoms with E-state index in [1.165, 1.54) is 37.1 Å². The van der Waals surface area contributed by atoms with Gasteiger partial charge in [-0.25, -0.2) is 19.2 Å². The quantitative estimate of drug-likeness (QED) is 0.238. The van der Waals surface area contributed by atoms with Gasteiger partial charge in [-0.15, -0.1) is 0 Å². The fourth-order valence-corrected chi connectivity index (χ4v) is 3.11. The van der Waals surface area contributed by atoms with Crippen molar-refractivity contribution in [2.45, 2.75) is 5.16 Å². The highest BCUT2D eigenvalue weighted by Crippen LogP contribution is 2.34. The molecule has 0 aliphatic heterocycles. The predicted octanol–water partition coefficient (Wildman–Crippen LogP) is 5.59. The number of methoxy groups -OCH3 is 1. The molecule has 0 amide bonds. The minimum Gasteiger partial charge on any atom is -0.466 e. The minimum atomic E-state index is -0.554. The van der Waals surface area contributed by atoms with Crippen molar-refractivity contribution >= 4 is 46.9 Å². The molecule has 0 unspecified atom stereocenters. The summed E-state index contributed by atoms with van der Waals surface area (Å²) in [6.07, 6.45) is 4.56. The molecule has 0 saturated heterocycles. The van der Waals surface area contributed by atoms with Gasteiger partial charge in [-0.3, -0.25) is 0 Å². The number of halogens is 2. The first kappa shape index (κ1) is 20.8. The SMILES string of the molecule is COC(=O)C=Cc1c(Nc2ccccc2Cl)nc(SC)nc1-c1ccccc1F. The van der Waals surface area contributed by atoms with Gasteiger partial charge >= 0.3 is 5.97 Å². The first-order chi connectivity index (χ1) is 14.0. The average molecular weight is 430 g/mol. The van der Waals surface area contributed by atoms with E-state index < -0.39 is 11.8 Å². The van der Waals surface area contributed by atoms with E-state index in [0.717, 1.165) is 0 Å². The van der Waals surface area contributed by atoms with Gasteiger partial charge in [0.15, 0.2) is 5.16 Å². The summed E-state index contributed by atoms with van der Waals surface area (Å²) >= 11 is 7.59. The molecule has 8 heteroatoms. The van der Waals surface area contributed by atoms with E-state index in [2.05, 4.69) is 20.0 Å². The maximum Gasteiger partial charge on any atom is 0.330 e. The zero-order valence-corrected chi connectivity index (χ0v) is 17.2. The summed E-state index contributed by atoms with van der Waals surface area (Å²) < 4.78 is 19.2. The molecule has 29 heavy (non-hydrogen) atoms. The van der Waals surface area contributed by atoms with Crippen molar-refractivity contribution in [3.8, 4) is 11.3 Å². The van der Waals surface area contributed by atoms with Crippen LogP contribution in [0.15, 0.2) is 59.8 Å². The van der Waals surface area contributed by atoms with Crippen LogP contribution in [-0.2, 0) is 9.53 Å². The van der Waals surface area contributed by atoms with Crippen LogP contribution in [0.4, 0.5) is 15.9 Å². The molecule has 3 rings (SSSR count). The number of hydrogen-bond donors (Lipinski definition) is 1. The first-order valence-corrected chi connectivity index (χ1v) is 10.1.